The highest BCUT2D eigenvalue weighted by Gasteiger charge is 2.40. The Morgan fingerprint density at radius 2 is 1.64 bits per heavy atom. The Bertz CT molecular complexity index is 1730. The second-order valence-electron chi connectivity index (χ2n) is 12.1. The van der Waals surface area contributed by atoms with Crippen LogP contribution >= 0.6 is 0 Å². The first-order chi connectivity index (χ1) is 21.4. The summed E-state index contributed by atoms with van der Waals surface area (Å²) in [4.78, 5) is 40.7. The molecule has 236 valence electrons. The zero-order valence-corrected chi connectivity index (χ0v) is 27.6. The lowest BCUT2D eigenvalue weighted by molar-refractivity contribution is -0.143. The average Bonchev–Trinajstić information content (AvgIpc) is 3.69. The number of esters is 2. The Kier molecular flexibility index (Phi) is 8.83. The van der Waals surface area contributed by atoms with E-state index in [0.29, 0.717) is 23.4 Å². The van der Waals surface area contributed by atoms with Crippen LogP contribution in [0.25, 0.3) is 0 Å². The molecule has 2 N–H and O–H groups in total. The Balaban J connectivity index is 1.84. The van der Waals surface area contributed by atoms with E-state index in [4.69, 9.17) is 24.5 Å². The SMILES string of the molecule is CCC1=C(C)C2=CC3=NC(=C(C)/C3=C/O)C=C3NC(=C(C(C)C(=O)OC)C4=NC(=CC1=N2)C(C)=C4C)C(CCC(=O)OC)C3C. The van der Waals surface area contributed by atoms with Crippen molar-refractivity contribution in [3.63, 3.8) is 0 Å². The van der Waals surface area contributed by atoms with Crippen LogP contribution in [0, 0.1) is 17.8 Å². The third kappa shape index (κ3) is 5.49. The second-order valence-corrected chi connectivity index (χ2v) is 12.1. The highest BCUT2D eigenvalue weighted by Crippen LogP contribution is 2.43. The zero-order chi connectivity index (χ0) is 32.7. The number of nitrogens with one attached hydrogen (secondary N) is 1. The summed E-state index contributed by atoms with van der Waals surface area (Å²) in [6.45, 7) is 14.1. The fourth-order valence-corrected chi connectivity index (χ4v) is 6.71. The molecule has 0 aromatic heterocycles. The van der Waals surface area contributed by atoms with Crippen molar-refractivity contribution in [2.45, 2.75) is 67.7 Å². The van der Waals surface area contributed by atoms with Gasteiger partial charge in [0.05, 0.1) is 60.6 Å². The number of carbonyl (C=O) groups excluding carboxylic acids is 2. The van der Waals surface area contributed by atoms with E-state index >= 15 is 0 Å². The summed E-state index contributed by atoms with van der Waals surface area (Å²) in [7, 11) is 2.78. The van der Waals surface area contributed by atoms with Crippen LogP contribution < -0.4 is 5.32 Å². The van der Waals surface area contributed by atoms with Gasteiger partial charge in [0.1, 0.15) is 0 Å². The van der Waals surface area contributed by atoms with Gasteiger partial charge in [0.2, 0.25) is 0 Å². The van der Waals surface area contributed by atoms with Gasteiger partial charge in [0.15, 0.2) is 0 Å². The smallest absolute Gasteiger partial charge is 0.312 e. The fourth-order valence-electron chi connectivity index (χ4n) is 6.71. The van der Waals surface area contributed by atoms with Gasteiger partial charge < -0.3 is 19.9 Å². The summed E-state index contributed by atoms with van der Waals surface area (Å²) in [6, 6.07) is 0. The number of nitrogens with zero attached hydrogens (tertiary/aromatic N) is 3. The van der Waals surface area contributed by atoms with Crippen LogP contribution in [0.3, 0.4) is 0 Å². The lowest BCUT2D eigenvalue weighted by Crippen LogP contribution is -2.26. The maximum atomic E-state index is 13.2. The van der Waals surface area contributed by atoms with Crippen molar-refractivity contribution in [1.29, 1.82) is 0 Å². The van der Waals surface area contributed by atoms with Crippen LogP contribution in [0.4, 0.5) is 0 Å². The summed E-state index contributed by atoms with van der Waals surface area (Å²) < 4.78 is 10.2. The van der Waals surface area contributed by atoms with Gasteiger partial charge >= 0.3 is 11.9 Å². The minimum Gasteiger partial charge on any atom is -0.515 e. The van der Waals surface area contributed by atoms with Crippen molar-refractivity contribution >= 4 is 29.1 Å². The van der Waals surface area contributed by atoms with Crippen LogP contribution in [0.15, 0.2) is 107 Å². The van der Waals surface area contributed by atoms with E-state index in [0.717, 1.165) is 80.3 Å². The van der Waals surface area contributed by atoms with E-state index < -0.39 is 5.92 Å². The highest BCUT2D eigenvalue weighted by atomic mass is 16.5. The Labute approximate surface area is 265 Å². The minimum atomic E-state index is -0.642. The maximum Gasteiger partial charge on any atom is 0.312 e. The molecule has 0 radical (unpaired) electrons. The summed E-state index contributed by atoms with van der Waals surface area (Å²) in [5.41, 5.74) is 12.6. The number of rotatable bonds is 6. The van der Waals surface area contributed by atoms with Gasteiger partial charge in [-0.2, -0.15) is 0 Å². The Morgan fingerprint density at radius 1 is 0.956 bits per heavy atom. The lowest BCUT2D eigenvalue weighted by atomic mass is 9.82. The molecular weight excluding hydrogens is 568 g/mol. The van der Waals surface area contributed by atoms with Gasteiger partial charge in [-0.05, 0) is 93.6 Å². The maximum absolute atomic E-state index is 13.2. The van der Waals surface area contributed by atoms with Crippen molar-refractivity contribution in [1.82, 2.24) is 5.32 Å². The fraction of sp³-hybridized carbons (Fsp3) is 0.417. The molecule has 0 spiro atoms. The number of hydrogen-bond acceptors (Lipinski definition) is 9. The van der Waals surface area contributed by atoms with Gasteiger partial charge in [-0.1, -0.05) is 13.8 Å². The molecule has 0 saturated carbocycles. The molecule has 1 saturated heterocycles. The predicted molar refractivity (Wildman–Crippen MR) is 177 cm³/mol. The number of aliphatic hydroxyl groups is 1. The highest BCUT2D eigenvalue weighted by molar-refractivity contribution is 6.20. The van der Waals surface area contributed by atoms with E-state index in [-0.39, 0.29) is 30.2 Å². The molecule has 8 bridgehead atoms. The molecule has 0 amide bonds. The number of carbonyl (C=O) groups is 2. The predicted octanol–water partition coefficient (Wildman–Crippen LogP) is 6.67. The van der Waals surface area contributed by atoms with Gasteiger partial charge in [-0.15, -0.1) is 0 Å². The number of ether oxygens (including phenoxy) is 2. The molecule has 0 aromatic carbocycles. The number of methoxy groups -OCH3 is 2. The number of aliphatic hydroxyl groups excluding tert-OH is 1. The second kappa shape index (κ2) is 12.5. The number of aliphatic imine (C=N–C) groups is 3. The molecule has 5 aliphatic heterocycles. The number of hydrogen-bond donors (Lipinski definition) is 2. The van der Waals surface area contributed by atoms with Gasteiger partial charge in [0, 0.05) is 40.8 Å². The normalized spacial score (nSPS) is 24.3. The zero-order valence-electron chi connectivity index (χ0n) is 27.6. The van der Waals surface area contributed by atoms with E-state index in [1.54, 1.807) is 0 Å². The lowest BCUT2D eigenvalue weighted by Gasteiger charge is -2.23. The summed E-state index contributed by atoms with van der Waals surface area (Å²) in [5, 5.41) is 13.9. The van der Waals surface area contributed by atoms with Crippen LogP contribution in [-0.4, -0.2) is 48.4 Å². The molecule has 0 aromatic rings. The van der Waals surface area contributed by atoms with Gasteiger partial charge in [0.25, 0.3) is 0 Å². The van der Waals surface area contributed by atoms with Crippen LogP contribution in [0.2, 0.25) is 0 Å². The molecule has 1 fully saturated rings. The quantitative estimate of drug-likeness (QED) is 0.256. The molecule has 5 heterocycles. The molecule has 9 heteroatoms. The summed E-state index contributed by atoms with van der Waals surface area (Å²) in [5.74, 6) is -1.51. The first-order valence-electron chi connectivity index (χ1n) is 15.5. The van der Waals surface area contributed by atoms with Crippen molar-refractivity contribution in [2.75, 3.05) is 14.2 Å². The van der Waals surface area contributed by atoms with E-state index in [1.807, 2.05) is 45.9 Å². The van der Waals surface area contributed by atoms with Crippen molar-refractivity contribution < 1.29 is 24.2 Å². The molecule has 45 heavy (non-hydrogen) atoms. The largest absolute Gasteiger partial charge is 0.515 e. The summed E-state index contributed by atoms with van der Waals surface area (Å²) in [6.07, 6.45) is 8.56. The van der Waals surface area contributed by atoms with Crippen LogP contribution in [-0.2, 0) is 19.1 Å². The van der Waals surface area contributed by atoms with Crippen molar-refractivity contribution in [2.24, 2.45) is 32.7 Å². The van der Waals surface area contributed by atoms with Gasteiger partial charge in [-0.3, -0.25) is 9.59 Å². The van der Waals surface area contributed by atoms with Gasteiger partial charge in [-0.25, -0.2) is 15.0 Å². The van der Waals surface area contributed by atoms with E-state index in [2.05, 4.69) is 26.1 Å². The molecule has 0 aliphatic carbocycles. The number of fused-ring (bicyclic) bond motifs is 5. The standard InChI is InChI=1S/C36H42N4O5/c1-10-23-19(4)28-15-31-25(16-41)21(6)27(38-31)13-29-20(5)24(11-12-32(42)44-8)35(40-29)33(22(7)36(43)45-9)34-18(3)17(2)26(39-34)14-30(23)37-28/h13-16,20,22,24,40-41H,10-12H2,1-9H3/b25-16-,26-14?,28-15?,29-13?,35-33?. The Morgan fingerprint density at radius 3 is 2.29 bits per heavy atom. The van der Waals surface area contributed by atoms with E-state index in [9.17, 15) is 14.7 Å². The molecule has 9 nitrogen and oxygen atoms in total. The Hall–Kier alpha value is -4.53. The third-order valence-electron chi connectivity index (χ3n) is 9.71. The summed E-state index contributed by atoms with van der Waals surface area (Å²) >= 11 is 0. The number of allylic oxidation sites excluding steroid dienone is 11. The average molecular weight is 611 g/mol. The minimum absolute atomic E-state index is 0.0547. The van der Waals surface area contributed by atoms with Crippen molar-refractivity contribution in [3.8, 4) is 0 Å². The first-order valence-corrected chi connectivity index (χ1v) is 15.5. The van der Waals surface area contributed by atoms with Crippen LogP contribution in [0.1, 0.15) is 67.7 Å². The molecule has 3 unspecified atom stereocenters. The molecular formula is C36H42N4O5. The van der Waals surface area contributed by atoms with E-state index in [1.165, 1.54) is 14.2 Å². The third-order valence-corrected chi connectivity index (χ3v) is 9.71. The van der Waals surface area contributed by atoms with Crippen molar-refractivity contribution in [3.05, 3.63) is 92.0 Å². The topological polar surface area (TPSA) is 122 Å². The molecule has 5 rings (SSSR count). The molecule has 5 aliphatic rings. The monoisotopic (exact) mass is 610 g/mol. The molecule has 3 atom stereocenters. The first kappa shape index (κ1) is 31.9. The van der Waals surface area contributed by atoms with Crippen LogP contribution in [0.5, 0.6) is 0 Å².